The van der Waals surface area contributed by atoms with Crippen LogP contribution in [0, 0.1) is 0 Å². The summed E-state index contributed by atoms with van der Waals surface area (Å²) in [6.07, 6.45) is 1.05. The maximum Gasteiger partial charge on any atom is 0.410 e. The highest BCUT2D eigenvalue weighted by Gasteiger charge is 2.43. The summed E-state index contributed by atoms with van der Waals surface area (Å²) in [4.78, 5) is 38.7. The SMILES string of the molecule is CC(C)(C)OC(=O)N1CCC(C)(N2CC(=O)CC2=O)CC1. The van der Waals surface area contributed by atoms with E-state index in [0.717, 1.165) is 0 Å². The Morgan fingerprint density at radius 3 is 2.19 bits per heavy atom. The Hall–Kier alpha value is -1.59. The number of Topliss-reactive ketones (excluding diaryl/α,β-unsaturated/α-hetero) is 1. The molecule has 0 aromatic heterocycles. The zero-order chi connectivity index (χ0) is 15.8. The zero-order valence-electron chi connectivity index (χ0n) is 13.3. The molecule has 118 valence electrons. The van der Waals surface area contributed by atoms with Crippen LogP contribution in [-0.2, 0) is 14.3 Å². The smallest absolute Gasteiger partial charge is 0.410 e. The van der Waals surface area contributed by atoms with Crippen LogP contribution in [0.2, 0.25) is 0 Å². The van der Waals surface area contributed by atoms with E-state index in [2.05, 4.69) is 0 Å². The van der Waals surface area contributed by atoms with Gasteiger partial charge in [0, 0.05) is 18.6 Å². The summed E-state index contributed by atoms with van der Waals surface area (Å²) in [5.41, 5.74) is -0.836. The molecule has 2 rings (SSSR count). The second-order valence-electron chi connectivity index (χ2n) is 7.16. The first-order chi connectivity index (χ1) is 9.61. The molecule has 6 heteroatoms. The van der Waals surface area contributed by atoms with Crippen molar-refractivity contribution >= 4 is 17.8 Å². The molecule has 2 fully saturated rings. The van der Waals surface area contributed by atoms with Gasteiger partial charge in [0.15, 0.2) is 5.78 Å². The molecule has 21 heavy (non-hydrogen) atoms. The second-order valence-corrected chi connectivity index (χ2v) is 7.16. The third-order valence-electron chi connectivity index (χ3n) is 4.13. The number of hydrogen-bond donors (Lipinski definition) is 0. The molecule has 0 aromatic rings. The highest BCUT2D eigenvalue weighted by molar-refractivity contribution is 6.05. The lowest BCUT2D eigenvalue weighted by Crippen LogP contribution is -2.55. The van der Waals surface area contributed by atoms with Gasteiger partial charge >= 0.3 is 6.09 Å². The van der Waals surface area contributed by atoms with Crippen molar-refractivity contribution < 1.29 is 19.1 Å². The molecule has 2 aliphatic heterocycles. The molecular formula is C15H24N2O4. The molecular weight excluding hydrogens is 272 g/mol. The summed E-state index contributed by atoms with van der Waals surface area (Å²) >= 11 is 0. The summed E-state index contributed by atoms with van der Waals surface area (Å²) in [6, 6.07) is 0. The van der Waals surface area contributed by atoms with E-state index in [0.29, 0.717) is 25.9 Å². The largest absolute Gasteiger partial charge is 0.444 e. The Bertz CT molecular complexity index is 459. The van der Waals surface area contributed by atoms with Crippen molar-refractivity contribution in [2.24, 2.45) is 0 Å². The predicted octanol–water partition coefficient (Wildman–Crippen LogP) is 1.58. The molecule has 6 nitrogen and oxygen atoms in total. The number of ketones is 1. The molecule has 0 N–H and O–H groups in total. The lowest BCUT2D eigenvalue weighted by Gasteiger charge is -2.44. The van der Waals surface area contributed by atoms with Crippen molar-refractivity contribution in [3.05, 3.63) is 0 Å². The van der Waals surface area contributed by atoms with Crippen LogP contribution in [0.15, 0.2) is 0 Å². The summed E-state index contributed by atoms with van der Waals surface area (Å²) in [5, 5.41) is 0. The lowest BCUT2D eigenvalue weighted by atomic mass is 9.88. The van der Waals surface area contributed by atoms with E-state index >= 15 is 0 Å². The van der Waals surface area contributed by atoms with Crippen LogP contribution in [0.25, 0.3) is 0 Å². The van der Waals surface area contributed by atoms with Gasteiger partial charge in [-0.3, -0.25) is 9.59 Å². The van der Waals surface area contributed by atoms with Gasteiger partial charge < -0.3 is 14.5 Å². The van der Waals surface area contributed by atoms with Crippen LogP contribution in [0.1, 0.15) is 47.0 Å². The standard InChI is InChI=1S/C15H24N2O4/c1-14(2,3)21-13(20)16-7-5-15(4,6-8-16)17-10-11(18)9-12(17)19/h5-10H2,1-4H3. The molecule has 0 atom stereocenters. The highest BCUT2D eigenvalue weighted by atomic mass is 16.6. The Morgan fingerprint density at radius 2 is 1.76 bits per heavy atom. The Labute approximate surface area is 125 Å². The second kappa shape index (κ2) is 5.31. The van der Waals surface area contributed by atoms with Gasteiger partial charge in [-0.15, -0.1) is 0 Å². The van der Waals surface area contributed by atoms with Crippen LogP contribution in [0.3, 0.4) is 0 Å². The molecule has 0 saturated carbocycles. The molecule has 0 bridgehead atoms. The molecule has 0 aliphatic carbocycles. The molecule has 2 amide bonds. The number of hydrogen-bond acceptors (Lipinski definition) is 4. The molecule has 2 saturated heterocycles. The highest BCUT2D eigenvalue weighted by Crippen LogP contribution is 2.31. The van der Waals surface area contributed by atoms with E-state index in [-0.39, 0.29) is 36.3 Å². The fourth-order valence-corrected chi connectivity index (χ4v) is 2.84. The first-order valence-corrected chi connectivity index (χ1v) is 7.41. The monoisotopic (exact) mass is 296 g/mol. The van der Waals surface area contributed by atoms with Gasteiger partial charge in [-0.1, -0.05) is 0 Å². The fraction of sp³-hybridized carbons (Fsp3) is 0.800. The lowest BCUT2D eigenvalue weighted by molar-refractivity contribution is -0.134. The Balaban J connectivity index is 1.95. The van der Waals surface area contributed by atoms with E-state index in [1.54, 1.807) is 9.80 Å². The molecule has 2 heterocycles. The van der Waals surface area contributed by atoms with E-state index < -0.39 is 5.60 Å². The molecule has 0 spiro atoms. The third-order valence-corrected chi connectivity index (χ3v) is 4.13. The number of rotatable bonds is 1. The number of nitrogens with zero attached hydrogens (tertiary/aromatic N) is 2. The van der Waals surface area contributed by atoms with Gasteiger partial charge in [0.05, 0.1) is 13.0 Å². The average Bonchev–Trinajstić information content (AvgIpc) is 2.68. The van der Waals surface area contributed by atoms with Crippen molar-refractivity contribution in [3.8, 4) is 0 Å². The van der Waals surface area contributed by atoms with Crippen LogP contribution in [0.5, 0.6) is 0 Å². The van der Waals surface area contributed by atoms with E-state index in [1.807, 2.05) is 27.7 Å². The summed E-state index contributed by atoms with van der Waals surface area (Å²) in [5.74, 6) is -0.107. The van der Waals surface area contributed by atoms with Crippen LogP contribution >= 0.6 is 0 Å². The van der Waals surface area contributed by atoms with Crippen molar-refractivity contribution in [2.75, 3.05) is 19.6 Å². The topological polar surface area (TPSA) is 66.9 Å². The number of carbonyl (C=O) groups is 3. The number of piperidine rings is 1. The van der Waals surface area contributed by atoms with Gasteiger partial charge in [-0.05, 0) is 40.5 Å². The summed E-state index contributed by atoms with van der Waals surface area (Å²) < 4.78 is 5.36. The summed E-state index contributed by atoms with van der Waals surface area (Å²) in [6.45, 7) is 8.82. The van der Waals surface area contributed by atoms with Crippen molar-refractivity contribution in [1.82, 2.24) is 9.80 Å². The first kappa shape index (κ1) is 15.8. The molecule has 2 aliphatic rings. The Kier molecular flexibility index (Phi) is 4.00. The van der Waals surface area contributed by atoms with Gasteiger partial charge in [0.2, 0.25) is 5.91 Å². The Morgan fingerprint density at radius 1 is 1.19 bits per heavy atom. The van der Waals surface area contributed by atoms with Gasteiger partial charge in [0.25, 0.3) is 0 Å². The van der Waals surface area contributed by atoms with E-state index in [1.165, 1.54) is 0 Å². The predicted molar refractivity (Wildman–Crippen MR) is 76.8 cm³/mol. The number of likely N-dealkylation sites (tertiary alicyclic amines) is 2. The van der Waals surface area contributed by atoms with Crippen molar-refractivity contribution in [1.29, 1.82) is 0 Å². The number of carbonyl (C=O) groups excluding carboxylic acids is 3. The quantitative estimate of drug-likeness (QED) is 0.689. The summed E-state index contributed by atoms with van der Waals surface area (Å²) in [7, 11) is 0. The molecule has 0 unspecified atom stereocenters. The molecule has 0 radical (unpaired) electrons. The normalized spacial score (nSPS) is 22.7. The maximum absolute atomic E-state index is 12.0. The van der Waals surface area contributed by atoms with Crippen LogP contribution in [0.4, 0.5) is 4.79 Å². The first-order valence-electron chi connectivity index (χ1n) is 7.41. The van der Waals surface area contributed by atoms with E-state index in [9.17, 15) is 14.4 Å². The zero-order valence-corrected chi connectivity index (χ0v) is 13.3. The van der Waals surface area contributed by atoms with Gasteiger partial charge in [-0.25, -0.2) is 4.79 Å². The average molecular weight is 296 g/mol. The third kappa shape index (κ3) is 3.54. The van der Waals surface area contributed by atoms with Gasteiger partial charge in [-0.2, -0.15) is 0 Å². The minimum Gasteiger partial charge on any atom is -0.444 e. The number of ether oxygens (including phenoxy) is 1. The minimum atomic E-state index is -0.505. The van der Waals surface area contributed by atoms with Crippen molar-refractivity contribution in [3.63, 3.8) is 0 Å². The van der Waals surface area contributed by atoms with Crippen molar-refractivity contribution in [2.45, 2.75) is 58.1 Å². The molecule has 0 aromatic carbocycles. The van der Waals surface area contributed by atoms with Crippen LogP contribution < -0.4 is 0 Å². The number of amides is 2. The minimum absolute atomic E-state index is 0.0178. The van der Waals surface area contributed by atoms with Crippen LogP contribution in [-0.4, -0.2) is 58.4 Å². The van der Waals surface area contributed by atoms with E-state index in [4.69, 9.17) is 4.74 Å². The maximum atomic E-state index is 12.0. The fourth-order valence-electron chi connectivity index (χ4n) is 2.84. The van der Waals surface area contributed by atoms with Gasteiger partial charge in [0.1, 0.15) is 5.60 Å².